The van der Waals surface area contributed by atoms with Gasteiger partial charge in [-0.25, -0.2) is 0 Å². The summed E-state index contributed by atoms with van der Waals surface area (Å²) in [4.78, 5) is 38.1. The lowest BCUT2D eigenvalue weighted by Crippen LogP contribution is -2.30. The van der Waals surface area contributed by atoms with Crippen LogP contribution in [0, 0.1) is 0 Å². The van der Waals surface area contributed by atoms with Gasteiger partial charge in [0.1, 0.15) is 13.2 Å². The summed E-state index contributed by atoms with van der Waals surface area (Å²) in [6.45, 7) is 6.47. The molecule has 6 nitrogen and oxygen atoms in total. The summed E-state index contributed by atoms with van der Waals surface area (Å²) in [6.07, 6.45) is 71.4. The van der Waals surface area contributed by atoms with Crippen LogP contribution in [0.15, 0.2) is 85.1 Å². The quantitative estimate of drug-likeness (QED) is 0.0262. The SMILES string of the molecule is CC/C=C\C/C=C\C/C=C\C/C=C\CCCCCCCCCCC(=O)OCC(COC(=O)CCCCCCC/C=C\CCCCCC)OC(=O)CCCCCCC/C=C\C/C=C\CCCCC. The molecule has 0 aromatic rings. The summed E-state index contributed by atoms with van der Waals surface area (Å²) >= 11 is 0. The van der Waals surface area contributed by atoms with Crippen molar-refractivity contribution >= 4 is 17.9 Å². The van der Waals surface area contributed by atoms with Gasteiger partial charge in [-0.15, -0.1) is 0 Å². The molecule has 0 N–H and O–H groups in total. The second kappa shape index (κ2) is 55.2. The molecule has 67 heavy (non-hydrogen) atoms. The van der Waals surface area contributed by atoms with Crippen LogP contribution in [-0.2, 0) is 28.6 Å². The molecule has 0 saturated carbocycles. The molecular formula is C61H104O6. The number of carbonyl (C=O) groups is 3. The van der Waals surface area contributed by atoms with E-state index < -0.39 is 6.10 Å². The highest BCUT2D eigenvalue weighted by Crippen LogP contribution is 2.14. The van der Waals surface area contributed by atoms with Gasteiger partial charge >= 0.3 is 17.9 Å². The van der Waals surface area contributed by atoms with E-state index >= 15 is 0 Å². The molecule has 0 spiro atoms. The van der Waals surface area contributed by atoms with Gasteiger partial charge < -0.3 is 14.2 Å². The minimum Gasteiger partial charge on any atom is -0.462 e. The van der Waals surface area contributed by atoms with Crippen LogP contribution in [0.25, 0.3) is 0 Å². The number of esters is 3. The average Bonchev–Trinajstić information content (AvgIpc) is 3.33. The average molecular weight is 933 g/mol. The molecule has 0 radical (unpaired) electrons. The first-order valence-corrected chi connectivity index (χ1v) is 28.1. The predicted octanol–water partition coefficient (Wildman–Crippen LogP) is 18.8. The Balaban J connectivity index is 4.39. The molecule has 384 valence electrons. The molecule has 0 bridgehead atoms. The van der Waals surface area contributed by atoms with Crippen LogP contribution in [-0.4, -0.2) is 37.2 Å². The first kappa shape index (κ1) is 63.6. The molecule has 0 amide bonds. The Bertz CT molecular complexity index is 1300. The summed E-state index contributed by atoms with van der Waals surface area (Å²) in [5.41, 5.74) is 0. The monoisotopic (exact) mass is 933 g/mol. The molecule has 0 aliphatic heterocycles. The molecule has 0 aromatic heterocycles. The van der Waals surface area contributed by atoms with Gasteiger partial charge in [-0.2, -0.15) is 0 Å². The summed E-state index contributed by atoms with van der Waals surface area (Å²) in [5, 5.41) is 0. The Hall–Kier alpha value is -3.41. The Kier molecular flexibility index (Phi) is 52.4. The molecular weight excluding hydrogens is 829 g/mol. The van der Waals surface area contributed by atoms with Crippen molar-refractivity contribution in [3.63, 3.8) is 0 Å². The molecule has 1 atom stereocenters. The van der Waals surface area contributed by atoms with Crippen LogP contribution >= 0.6 is 0 Å². The standard InChI is InChI=1S/C61H104O6/c1-4-7-10-13-16-19-22-25-27-28-29-30-31-32-34-36-39-42-45-48-51-54-60(63)66-57-58(56-65-59(62)53-50-47-44-41-38-35-24-21-18-15-12-9-6-3)67-61(64)55-52-49-46-43-40-37-33-26-23-20-17-14-11-8-5-2/h7,10,16-17,19-21,24-27,29-30,33,58H,4-6,8-9,11-15,18,22-23,28,31-32,34-57H2,1-3H3/b10-7-,19-16-,20-17-,24-21-,27-25-,30-29-,33-26-. The number of hydrogen-bond donors (Lipinski definition) is 0. The van der Waals surface area contributed by atoms with Gasteiger partial charge in [-0.1, -0.05) is 215 Å². The fourth-order valence-corrected chi connectivity index (χ4v) is 7.63. The van der Waals surface area contributed by atoms with Gasteiger partial charge in [-0.3, -0.25) is 14.4 Å². The largest absolute Gasteiger partial charge is 0.462 e. The fourth-order valence-electron chi connectivity index (χ4n) is 7.63. The maximum absolute atomic E-state index is 12.8. The third-order valence-corrected chi connectivity index (χ3v) is 11.9. The van der Waals surface area contributed by atoms with Gasteiger partial charge in [0.15, 0.2) is 6.10 Å². The second-order valence-corrected chi connectivity index (χ2v) is 18.5. The second-order valence-electron chi connectivity index (χ2n) is 18.5. The van der Waals surface area contributed by atoms with Crippen LogP contribution in [0.2, 0.25) is 0 Å². The van der Waals surface area contributed by atoms with Gasteiger partial charge in [0, 0.05) is 19.3 Å². The Morgan fingerprint density at radius 1 is 0.313 bits per heavy atom. The van der Waals surface area contributed by atoms with Crippen molar-refractivity contribution in [2.24, 2.45) is 0 Å². The third kappa shape index (κ3) is 53.4. The van der Waals surface area contributed by atoms with Gasteiger partial charge in [0.05, 0.1) is 0 Å². The Morgan fingerprint density at radius 3 is 0.955 bits per heavy atom. The van der Waals surface area contributed by atoms with Gasteiger partial charge in [0.2, 0.25) is 0 Å². The number of ether oxygens (including phenoxy) is 3. The van der Waals surface area contributed by atoms with Crippen molar-refractivity contribution in [3.05, 3.63) is 85.1 Å². The predicted molar refractivity (Wildman–Crippen MR) is 288 cm³/mol. The molecule has 0 aromatic carbocycles. The van der Waals surface area contributed by atoms with E-state index in [1.165, 1.54) is 103 Å². The first-order valence-electron chi connectivity index (χ1n) is 28.1. The van der Waals surface area contributed by atoms with Crippen molar-refractivity contribution in [3.8, 4) is 0 Å². The molecule has 1 unspecified atom stereocenters. The zero-order valence-corrected chi connectivity index (χ0v) is 43.9. The van der Waals surface area contributed by atoms with E-state index in [-0.39, 0.29) is 31.1 Å². The number of rotatable bonds is 50. The number of allylic oxidation sites excluding steroid dienone is 14. The van der Waals surface area contributed by atoms with Crippen molar-refractivity contribution in [2.45, 2.75) is 271 Å². The van der Waals surface area contributed by atoms with Gasteiger partial charge in [0.25, 0.3) is 0 Å². The van der Waals surface area contributed by atoms with Crippen LogP contribution in [0.5, 0.6) is 0 Å². The Labute approximate surface area is 414 Å². The highest BCUT2D eigenvalue weighted by Gasteiger charge is 2.19. The van der Waals surface area contributed by atoms with E-state index in [1.54, 1.807) is 0 Å². The molecule has 6 heteroatoms. The molecule has 0 heterocycles. The molecule has 0 aliphatic rings. The minimum absolute atomic E-state index is 0.0890. The topological polar surface area (TPSA) is 78.9 Å². The maximum Gasteiger partial charge on any atom is 0.306 e. The van der Waals surface area contributed by atoms with E-state index in [1.807, 2.05) is 0 Å². The maximum atomic E-state index is 12.8. The molecule has 0 fully saturated rings. The number of hydrogen-bond acceptors (Lipinski definition) is 6. The van der Waals surface area contributed by atoms with E-state index in [0.717, 1.165) is 122 Å². The fraction of sp³-hybridized carbons (Fsp3) is 0.721. The van der Waals surface area contributed by atoms with E-state index in [2.05, 4.69) is 106 Å². The van der Waals surface area contributed by atoms with Crippen molar-refractivity contribution in [1.29, 1.82) is 0 Å². The summed E-state index contributed by atoms with van der Waals surface area (Å²) in [5.74, 6) is -0.916. The van der Waals surface area contributed by atoms with Crippen LogP contribution in [0.1, 0.15) is 265 Å². The summed E-state index contributed by atoms with van der Waals surface area (Å²) < 4.78 is 16.8. The highest BCUT2D eigenvalue weighted by molar-refractivity contribution is 5.71. The number of unbranched alkanes of at least 4 members (excludes halogenated alkanes) is 25. The molecule has 0 saturated heterocycles. The molecule has 0 rings (SSSR count). The van der Waals surface area contributed by atoms with Crippen LogP contribution in [0.3, 0.4) is 0 Å². The Morgan fingerprint density at radius 2 is 0.582 bits per heavy atom. The first-order chi connectivity index (χ1) is 33.0. The smallest absolute Gasteiger partial charge is 0.306 e. The van der Waals surface area contributed by atoms with Crippen molar-refractivity contribution in [2.75, 3.05) is 13.2 Å². The lowest BCUT2D eigenvalue weighted by Gasteiger charge is -2.18. The lowest BCUT2D eigenvalue weighted by atomic mass is 10.1. The van der Waals surface area contributed by atoms with Crippen LogP contribution < -0.4 is 0 Å². The zero-order valence-electron chi connectivity index (χ0n) is 43.9. The third-order valence-electron chi connectivity index (χ3n) is 11.9. The van der Waals surface area contributed by atoms with Crippen molar-refractivity contribution < 1.29 is 28.6 Å². The van der Waals surface area contributed by atoms with E-state index in [0.29, 0.717) is 19.3 Å². The van der Waals surface area contributed by atoms with Crippen molar-refractivity contribution in [1.82, 2.24) is 0 Å². The lowest BCUT2D eigenvalue weighted by molar-refractivity contribution is -0.167. The minimum atomic E-state index is -0.791. The normalized spacial score (nSPS) is 12.7. The summed E-state index contributed by atoms with van der Waals surface area (Å²) in [7, 11) is 0. The van der Waals surface area contributed by atoms with Crippen LogP contribution in [0.4, 0.5) is 0 Å². The highest BCUT2D eigenvalue weighted by atomic mass is 16.6. The van der Waals surface area contributed by atoms with E-state index in [9.17, 15) is 14.4 Å². The zero-order chi connectivity index (χ0) is 48.6. The number of carbonyl (C=O) groups excluding carboxylic acids is 3. The summed E-state index contributed by atoms with van der Waals surface area (Å²) in [6, 6.07) is 0. The van der Waals surface area contributed by atoms with Gasteiger partial charge in [-0.05, 0) is 116 Å². The molecule has 0 aliphatic carbocycles. The van der Waals surface area contributed by atoms with E-state index in [4.69, 9.17) is 14.2 Å².